The molecule has 1 heterocycles. The van der Waals surface area contributed by atoms with Gasteiger partial charge in [-0.15, -0.1) is 5.10 Å². The van der Waals surface area contributed by atoms with Crippen molar-refractivity contribution in [1.82, 2.24) is 20.2 Å². The Kier molecular flexibility index (Phi) is 4.22. The van der Waals surface area contributed by atoms with Gasteiger partial charge in [-0.05, 0) is 54.5 Å². The van der Waals surface area contributed by atoms with Gasteiger partial charge in [-0.2, -0.15) is 4.68 Å². The highest BCUT2D eigenvalue weighted by Gasteiger charge is 2.40. The minimum absolute atomic E-state index is 0.365. The van der Waals surface area contributed by atoms with E-state index < -0.39 is 0 Å². The largest absolute Gasteiger partial charge is 0.367 e. The van der Waals surface area contributed by atoms with Crippen LogP contribution >= 0.6 is 11.6 Å². The van der Waals surface area contributed by atoms with E-state index in [1.165, 1.54) is 6.42 Å². The van der Waals surface area contributed by atoms with E-state index in [4.69, 9.17) is 16.3 Å². The summed E-state index contributed by atoms with van der Waals surface area (Å²) in [6.45, 7) is 2.68. The molecule has 1 saturated carbocycles. The van der Waals surface area contributed by atoms with Gasteiger partial charge in [0, 0.05) is 11.6 Å². The molecule has 0 atom stereocenters. The highest BCUT2D eigenvalue weighted by molar-refractivity contribution is 6.30. The summed E-state index contributed by atoms with van der Waals surface area (Å²) < 4.78 is 7.89. The SMILES string of the molecule is CCOC1(c2nnnn2-c2ccc(Cl)cc2)CCCCC1. The average molecular weight is 307 g/mol. The molecule has 1 aromatic carbocycles. The second-order valence-corrected chi connectivity index (χ2v) is 5.82. The van der Waals surface area contributed by atoms with Gasteiger partial charge in [-0.25, -0.2) is 0 Å². The van der Waals surface area contributed by atoms with Crippen LogP contribution in [-0.2, 0) is 10.3 Å². The number of ether oxygens (including phenoxy) is 1. The molecule has 0 radical (unpaired) electrons. The number of tetrazole rings is 1. The Balaban J connectivity index is 2.01. The summed E-state index contributed by atoms with van der Waals surface area (Å²) in [7, 11) is 0. The maximum absolute atomic E-state index is 6.11. The Bertz CT molecular complexity index is 584. The summed E-state index contributed by atoms with van der Waals surface area (Å²) in [6, 6.07) is 7.53. The highest BCUT2D eigenvalue weighted by Crippen LogP contribution is 2.39. The van der Waals surface area contributed by atoms with Gasteiger partial charge in [0.25, 0.3) is 0 Å². The maximum Gasteiger partial charge on any atom is 0.188 e. The smallest absolute Gasteiger partial charge is 0.188 e. The van der Waals surface area contributed by atoms with Gasteiger partial charge in [0.1, 0.15) is 5.60 Å². The van der Waals surface area contributed by atoms with Crippen LogP contribution in [0.2, 0.25) is 5.02 Å². The molecule has 1 aromatic heterocycles. The number of halogens is 1. The van der Waals surface area contributed by atoms with Crippen LogP contribution in [-0.4, -0.2) is 26.8 Å². The fourth-order valence-corrected chi connectivity index (χ4v) is 3.19. The minimum Gasteiger partial charge on any atom is -0.367 e. The Morgan fingerprint density at radius 3 is 2.57 bits per heavy atom. The lowest BCUT2D eigenvalue weighted by Gasteiger charge is -2.35. The van der Waals surface area contributed by atoms with Gasteiger partial charge in [-0.3, -0.25) is 0 Å². The van der Waals surface area contributed by atoms with E-state index in [1.807, 2.05) is 31.2 Å². The van der Waals surface area contributed by atoms with Gasteiger partial charge in [-0.1, -0.05) is 30.9 Å². The number of hydrogen-bond acceptors (Lipinski definition) is 4. The molecule has 112 valence electrons. The first-order chi connectivity index (χ1) is 10.2. The zero-order chi connectivity index (χ0) is 14.7. The van der Waals surface area contributed by atoms with Crippen LogP contribution in [0, 0.1) is 0 Å². The molecule has 6 heteroatoms. The standard InChI is InChI=1S/C15H19ClN4O/c1-2-21-15(10-4-3-5-11-15)14-17-18-19-20(14)13-8-6-12(16)7-9-13/h6-9H,2-5,10-11H2,1H3. The van der Waals surface area contributed by atoms with Crippen molar-refractivity contribution in [2.24, 2.45) is 0 Å². The number of rotatable bonds is 4. The van der Waals surface area contributed by atoms with Crippen molar-refractivity contribution < 1.29 is 4.74 Å². The Morgan fingerprint density at radius 1 is 1.19 bits per heavy atom. The van der Waals surface area contributed by atoms with E-state index in [0.29, 0.717) is 11.6 Å². The topological polar surface area (TPSA) is 52.8 Å². The van der Waals surface area contributed by atoms with Crippen LogP contribution in [0.4, 0.5) is 0 Å². The lowest BCUT2D eigenvalue weighted by Crippen LogP contribution is -2.35. The third kappa shape index (κ3) is 2.80. The number of benzene rings is 1. The van der Waals surface area contributed by atoms with Crippen molar-refractivity contribution in [3.05, 3.63) is 35.1 Å². The van der Waals surface area contributed by atoms with Crippen LogP contribution in [0.5, 0.6) is 0 Å². The lowest BCUT2D eigenvalue weighted by atomic mass is 9.84. The summed E-state index contributed by atoms with van der Waals surface area (Å²) in [5.41, 5.74) is 0.542. The monoisotopic (exact) mass is 306 g/mol. The van der Waals surface area contributed by atoms with Crippen molar-refractivity contribution >= 4 is 11.6 Å². The lowest BCUT2D eigenvalue weighted by molar-refractivity contribution is -0.0781. The second-order valence-electron chi connectivity index (χ2n) is 5.38. The predicted octanol–water partition coefficient (Wildman–Crippen LogP) is 3.51. The van der Waals surface area contributed by atoms with Gasteiger partial charge >= 0.3 is 0 Å². The van der Waals surface area contributed by atoms with Crippen LogP contribution in [0.1, 0.15) is 44.9 Å². The van der Waals surface area contributed by atoms with Crippen molar-refractivity contribution in [2.45, 2.75) is 44.6 Å². The van der Waals surface area contributed by atoms with E-state index in [2.05, 4.69) is 15.5 Å². The van der Waals surface area contributed by atoms with Crippen LogP contribution in [0.15, 0.2) is 24.3 Å². The van der Waals surface area contributed by atoms with E-state index in [9.17, 15) is 0 Å². The molecule has 1 fully saturated rings. The molecular weight excluding hydrogens is 288 g/mol. The first kappa shape index (κ1) is 14.5. The Hall–Kier alpha value is -1.46. The molecule has 0 N–H and O–H groups in total. The van der Waals surface area contributed by atoms with Gasteiger partial charge in [0.2, 0.25) is 0 Å². The first-order valence-electron chi connectivity index (χ1n) is 7.44. The first-order valence-corrected chi connectivity index (χ1v) is 7.82. The van der Waals surface area contributed by atoms with Crippen molar-refractivity contribution in [1.29, 1.82) is 0 Å². The predicted molar refractivity (Wildman–Crippen MR) is 80.6 cm³/mol. The summed E-state index contributed by atoms with van der Waals surface area (Å²) in [5.74, 6) is 0.798. The van der Waals surface area contributed by atoms with Crippen molar-refractivity contribution in [3.63, 3.8) is 0 Å². The molecule has 0 spiro atoms. The summed E-state index contributed by atoms with van der Waals surface area (Å²) in [6.07, 6.45) is 5.47. The van der Waals surface area contributed by atoms with Crippen molar-refractivity contribution in [3.8, 4) is 5.69 Å². The Labute approximate surface area is 129 Å². The molecular formula is C15H19ClN4O. The minimum atomic E-state index is -0.365. The third-order valence-corrected chi connectivity index (χ3v) is 4.28. The highest BCUT2D eigenvalue weighted by atomic mass is 35.5. The zero-order valence-electron chi connectivity index (χ0n) is 12.1. The molecule has 0 bridgehead atoms. The molecule has 3 rings (SSSR count). The molecule has 21 heavy (non-hydrogen) atoms. The molecule has 0 aliphatic heterocycles. The number of nitrogens with zero attached hydrogens (tertiary/aromatic N) is 4. The Morgan fingerprint density at radius 2 is 1.90 bits per heavy atom. The van der Waals surface area contributed by atoms with Gasteiger partial charge in [0.15, 0.2) is 5.82 Å². The maximum atomic E-state index is 6.11. The van der Waals surface area contributed by atoms with E-state index >= 15 is 0 Å². The third-order valence-electron chi connectivity index (χ3n) is 4.03. The van der Waals surface area contributed by atoms with Crippen LogP contribution in [0.25, 0.3) is 5.69 Å². The molecule has 1 aliphatic carbocycles. The second kappa shape index (κ2) is 6.12. The molecule has 2 aromatic rings. The van der Waals surface area contributed by atoms with Crippen LogP contribution < -0.4 is 0 Å². The molecule has 5 nitrogen and oxygen atoms in total. The average Bonchev–Trinajstić information content (AvgIpc) is 2.99. The normalized spacial score (nSPS) is 17.8. The van der Waals surface area contributed by atoms with Crippen molar-refractivity contribution in [2.75, 3.05) is 6.61 Å². The quantitative estimate of drug-likeness (QED) is 0.867. The van der Waals surface area contributed by atoms with Gasteiger partial charge in [0.05, 0.1) is 5.69 Å². The van der Waals surface area contributed by atoms with Crippen LogP contribution in [0.3, 0.4) is 0 Å². The summed E-state index contributed by atoms with van der Waals surface area (Å²) in [4.78, 5) is 0. The fraction of sp³-hybridized carbons (Fsp3) is 0.533. The summed E-state index contributed by atoms with van der Waals surface area (Å²) >= 11 is 5.95. The van der Waals surface area contributed by atoms with E-state index in [-0.39, 0.29) is 5.60 Å². The van der Waals surface area contributed by atoms with E-state index in [1.54, 1.807) is 4.68 Å². The summed E-state index contributed by atoms with van der Waals surface area (Å²) in [5, 5.41) is 13.0. The molecule has 0 amide bonds. The number of aromatic nitrogens is 4. The molecule has 0 saturated heterocycles. The molecule has 1 aliphatic rings. The van der Waals surface area contributed by atoms with E-state index in [0.717, 1.165) is 37.2 Å². The number of hydrogen-bond donors (Lipinski definition) is 0. The zero-order valence-corrected chi connectivity index (χ0v) is 12.9. The van der Waals surface area contributed by atoms with Gasteiger partial charge < -0.3 is 4.74 Å². The molecule has 0 unspecified atom stereocenters. The fourth-order valence-electron chi connectivity index (χ4n) is 3.06.